The van der Waals surface area contributed by atoms with Crippen molar-refractivity contribution in [3.05, 3.63) is 64.7 Å². The first kappa shape index (κ1) is 16.7. The minimum absolute atomic E-state index is 0.0672. The number of nitrogens with zero attached hydrogens (tertiary/aromatic N) is 4. The molecule has 0 atom stereocenters. The van der Waals surface area contributed by atoms with Crippen LogP contribution in [0.15, 0.2) is 47.6 Å². The fraction of sp³-hybridized carbons (Fsp3) is 0.263. The number of carbonyl (C=O) groups excluding carboxylic acids is 1. The molecule has 2 saturated heterocycles. The van der Waals surface area contributed by atoms with E-state index >= 15 is 0 Å². The summed E-state index contributed by atoms with van der Waals surface area (Å²) in [4.78, 5) is 12.9. The fourth-order valence-electron chi connectivity index (χ4n) is 3.61. The average Bonchev–Trinajstić information content (AvgIpc) is 3.56. The Bertz CT molecular complexity index is 1030. The normalized spacial score (nSPS) is 20.3. The fourth-order valence-corrected chi connectivity index (χ4v) is 6.13. The van der Waals surface area contributed by atoms with E-state index in [4.69, 9.17) is 5.10 Å². The summed E-state index contributed by atoms with van der Waals surface area (Å²) in [6.07, 6.45) is 0. The molecular weight excluding hydrogens is 363 g/mol. The largest absolute Gasteiger partial charge is 0.507 e. The van der Waals surface area contributed by atoms with Crippen LogP contribution in [0.2, 0.25) is 0 Å². The summed E-state index contributed by atoms with van der Waals surface area (Å²) >= 11 is 0. The Labute approximate surface area is 157 Å². The van der Waals surface area contributed by atoms with E-state index in [9.17, 15) is 14.5 Å². The molecule has 2 aliphatic heterocycles. The molecule has 2 fully saturated rings. The first-order valence-corrected chi connectivity index (χ1v) is 10.5. The quantitative estimate of drug-likeness (QED) is 0.424. The molecule has 2 aromatic carbocycles. The predicted molar refractivity (Wildman–Crippen MR) is 102 cm³/mol. The number of benzene rings is 2. The maximum Gasteiger partial charge on any atom is 0.326 e. The molecule has 8 heteroatoms. The van der Waals surface area contributed by atoms with Gasteiger partial charge in [-0.3, -0.25) is 9.36 Å². The lowest BCUT2D eigenvalue weighted by atomic mass is 9.83. The summed E-state index contributed by atoms with van der Waals surface area (Å²) < 4.78 is 19.1. The Hall–Kier alpha value is -2.47. The monoisotopic (exact) mass is 382 g/mol. The number of hydrazone groups is 1. The van der Waals surface area contributed by atoms with Gasteiger partial charge in [0.15, 0.2) is 5.78 Å². The number of ketones is 1. The highest BCUT2D eigenvalue weighted by Gasteiger charge is 2.51. The van der Waals surface area contributed by atoms with Crippen molar-refractivity contribution in [3.8, 4) is 5.75 Å². The maximum atomic E-state index is 13.6. The van der Waals surface area contributed by atoms with Crippen molar-refractivity contribution in [3.63, 3.8) is 0 Å². The topological polar surface area (TPSA) is 76.0 Å². The van der Waals surface area contributed by atoms with Crippen LogP contribution in [0.3, 0.4) is 0 Å². The van der Waals surface area contributed by atoms with Gasteiger partial charge in [-0.15, -0.1) is 0 Å². The van der Waals surface area contributed by atoms with Crippen LogP contribution in [0, 0.1) is 0 Å². The van der Waals surface area contributed by atoms with E-state index in [1.165, 1.54) is 6.07 Å². The minimum Gasteiger partial charge on any atom is -0.507 e. The minimum atomic E-state index is -2.88. The van der Waals surface area contributed by atoms with Gasteiger partial charge in [0.2, 0.25) is 0 Å². The number of fused-ring (bicyclic) bond motifs is 2. The second kappa shape index (κ2) is 5.76. The molecule has 0 aromatic heterocycles. The van der Waals surface area contributed by atoms with Gasteiger partial charge in [-0.05, 0) is 6.07 Å². The van der Waals surface area contributed by atoms with Gasteiger partial charge in [-0.2, -0.15) is 5.10 Å². The highest BCUT2D eigenvalue weighted by Crippen LogP contribution is 2.62. The van der Waals surface area contributed by atoms with E-state index < -0.39 is 7.59 Å². The third-order valence-corrected chi connectivity index (χ3v) is 8.27. The Kier molecular flexibility index (Phi) is 3.56. The first-order chi connectivity index (χ1) is 13.0. The van der Waals surface area contributed by atoms with Crippen molar-refractivity contribution in [2.45, 2.75) is 0 Å². The van der Waals surface area contributed by atoms with E-state index in [1.807, 2.05) is 21.5 Å². The number of hydrogen-bond donors (Lipinski definition) is 1. The van der Waals surface area contributed by atoms with Crippen LogP contribution in [0.4, 0.5) is 0 Å². The molecule has 27 heavy (non-hydrogen) atoms. The number of phenolic OH excluding ortho intramolecular Hbond substituents is 1. The van der Waals surface area contributed by atoms with Crippen molar-refractivity contribution in [2.24, 2.45) is 5.10 Å². The molecule has 1 aliphatic carbocycles. The van der Waals surface area contributed by atoms with Crippen LogP contribution in [-0.4, -0.2) is 63.9 Å². The molecule has 0 bridgehead atoms. The molecule has 1 N–H and O–H groups in total. The van der Waals surface area contributed by atoms with Crippen LogP contribution in [-0.2, 0) is 4.57 Å². The SMILES string of the molecule is CN(N=C1c2ccccc2C(=O)c2c(O)cccc21)P(=O)(N1CC1)N1CC1. The lowest BCUT2D eigenvalue weighted by molar-refractivity contribution is 0.103. The molecule has 5 rings (SSSR count). The molecule has 2 aromatic rings. The van der Waals surface area contributed by atoms with E-state index in [1.54, 1.807) is 36.1 Å². The highest BCUT2D eigenvalue weighted by atomic mass is 31.2. The van der Waals surface area contributed by atoms with Crippen LogP contribution in [0.5, 0.6) is 5.75 Å². The molecule has 0 unspecified atom stereocenters. The molecular formula is C19H19N4O3P. The van der Waals surface area contributed by atoms with Crippen LogP contribution >= 0.6 is 7.59 Å². The van der Waals surface area contributed by atoms with Crippen LogP contribution in [0.1, 0.15) is 27.0 Å². The van der Waals surface area contributed by atoms with E-state index in [0.717, 1.165) is 26.2 Å². The number of aromatic hydroxyl groups is 1. The molecule has 7 nitrogen and oxygen atoms in total. The zero-order valence-corrected chi connectivity index (χ0v) is 15.8. The van der Waals surface area contributed by atoms with Crippen molar-refractivity contribution in [2.75, 3.05) is 33.2 Å². The number of carbonyl (C=O) groups is 1. The first-order valence-electron chi connectivity index (χ1n) is 8.92. The third-order valence-electron chi connectivity index (χ3n) is 5.16. The van der Waals surface area contributed by atoms with Crippen LogP contribution < -0.4 is 0 Å². The second-order valence-corrected chi connectivity index (χ2v) is 9.67. The molecule has 0 saturated carbocycles. The standard InChI is InChI=1S/C19H19N4O3P/c1-21(27(26,22-9-10-22)23-11-12-23)20-18-13-5-2-3-6-14(13)19(25)17-15(18)7-4-8-16(17)24/h2-8,24H,9-12H2,1H3. The lowest BCUT2D eigenvalue weighted by Crippen LogP contribution is -2.26. The maximum absolute atomic E-state index is 13.6. The van der Waals surface area contributed by atoms with Gasteiger partial charge in [0.05, 0.1) is 11.3 Å². The van der Waals surface area contributed by atoms with Gasteiger partial charge in [0.25, 0.3) is 0 Å². The molecule has 0 spiro atoms. The Morgan fingerprint density at radius 2 is 1.56 bits per heavy atom. The number of phenols is 1. The molecule has 0 amide bonds. The van der Waals surface area contributed by atoms with Gasteiger partial charge in [0.1, 0.15) is 5.75 Å². The lowest BCUT2D eigenvalue weighted by Gasteiger charge is -2.29. The average molecular weight is 382 g/mol. The number of hydrogen-bond acceptors (Lipinski definition) is 4. The molecule has 138 valence electrons. The van der Waals surface area contributed by atoms with Gasteiger partial charge >= 0.3 is 7.59 Å². The van der Waals surface area contributed by atoms with Crippen molar-refractivity contribution >= 4 is 19.1 Å². The summed E-state index contributed by atoms with van der Waals surface area (Å²) in [5.41, 5.74) is 2.55. The van der Waals surface area contributed by atoms with Gasteiger partial charge in [-0.25, -0.2) is 14.1 Å². The molecule has 3 aliphatic rings. The third kappa shape index (κ3) is 2.46. The van der Waals surface area contributed by atoms with Crippen LogP contribution in [0.25, 0.3) is 0 Å². The molecule has 2 heterocycles. The highest BCUT2D eigenvalue weighted by molar-refractivity contribution is 7.57. The van der Waals surface area contributed by atoms with E-state index in [2.05, 4.69) is 0 Å². The summed E-state index contributed by atoms with van der Waals surface area (Å²) in [6, 6.07) is 12.2. The van der Waals surface area contributed by atoms with Crippen molar-refractivity contribution in [1.82, 2.24) is 14.1 Å². The summed E-state index contributed by atoms with van der Waals surface area (Å²) in [5.74, 6) is -0.289. The van der Waals surface area contributed by atoms with Gasteiger partial charge < -0.3 is 5.11 Å². The Balaban J connectivity index is 1.69. The summed E-state index contributed by atoms with van der Waals surface area (Å²) in [5, 5.41) is 15.0. The Morgan fingerprint density at radius 3 is 2.19 bits per heavy atom. The molecule has 0 radical (unpaired) electrons. The zero-order chi connectivity index (χ0) is 18.8. The number of rotatable bonds is 4. The Morgan fingerprint density at radius 1 is 0.963 bits per heavy atom. The van der Waals surface area contributed by atoms with Crippen molar-refractivity contribution in [1.29, 1.82) is 0 Å². The van der Waals surface area contributed by atoms with Gasteiger partial charge in [-0.1, -0.05) is 36.4 Å². The second-order valence-electron chi connectivity index (χ2n) is 6.93. The summed E-state index contributed by atoms with van der Waals surface area (Å²) in [6.45, 7) is 3.20. The predicted octanol–water partition coefficient (Wildman–Crippen LogP) is 2.36. The summed E-state index contributed by atoms with van der Waals surface area (Å²) in [7, 11) is -1.16. The smallest absolute Gasteiger partial charge is 0.326 e. The van der Waals surface area contributed by atoms with E-state index in [0.29, 0.717) is 22.4 Å². The van der Waals surface area contributed by atoms with Gasteiger partial charge in [0, 0.05) is 49.9 Å². The zero-order valence-electron chi connectivity index (χ0n) is 14.9. The van der Waals surface area contributed by atoms with E-state index in [-0.39, 0.29) is 17.1 Å². The van der Waals surface area contributed by atoms with Crippen molar-refractivity contribution < 1.29 is 14.5 Å².